The standard InChI is InChI=1S/C21H30N4O6/c1-12(18(27)24-15(21(30)31)11-14-7-4-3-5-8-14)23-19(28)16-9-6-10-25(16)20(29)17(22)13(2)26/h3-5,7-8,12-13,15-17,26H,6,9-11,22H2,1-2H3,(H,23,28)(H,24,27)(H,30,31). The van der Waals surface area contributed by atoms with Crippen molar-refractivity contribution < 1.29 is 29.4 Å². The van der Waals surface area contributed by atoms with Gasteiger partial charge in [0.05, 0.1) is 6.10 Å². The summed E-state index contributed by atoms with van der Waals surface area (Å²) in [6.45, 7) is 3.17. The van der Waals surface area contributed by atoms with Gasteiger partial charge in [-0.2, -0.15) is 0 Å². The van der Waals surface area contributed by atoms with Gasteiger partial charge in [-0.15, -0.1) is 0 Å². The molecule has 1 saturated heterocycles. The summed E-state index contributed by atoms with van der Waals surface area (Å²) in [6, 6.07) is 4.79. The van der Waals surface area contributed by atoms with Crippen LogP contribution in [0.15, 0.2) is 30.3 Å². The quantitative estimate of drug-likeness (QED) is 0.333. The van der Waals surface area contributed by atoms with E-state index in [0.717, 1.165) is 5.56 Å². The van der Waals surface area contributed by atoms with Crippen LogP contribution in [0.4, 0.5) is 0 Å². The first-order valence-corrected chi connectivity index (χ1v) is 10.2. The first kappa shape index (κ1) is 24.3. The summed E-state index contributed by atoms with van der Waals surface area (Å²) in [5.74, 6) is -2.89. The molecule has 1 heterocycles. The molecule has 6 N–H and O–H groups in total. The molecule has 0 radical (unpaired) electrons. The number of hydrogen-bond acceptors (Lipinski definition) is 6. The monoisotopic (exact) mass is 434 g/mol. The third-order valence-electron chi connectivity index (χ3n) is 5.29. The zero-order valence-electron chi connectivity index (χ0n) is 17.7. The third-order valence-corrected chi connectivity index (χ3v) is 5.29. The lowest BCUT2D eigenvalue weighted by atomic mass is 10.1. The van der Waals surface area contributed by atoms with Crippen molar-refractivity contribution in [2.75, 3.05) is 6.54 Å². The Morgan fingerprint density at radius 1 is 1.16 bits per heavy atom. The van der Waals surface area contributed by atoms with E-state index >= 15 is 0 Å². The highest BCUT2D eigenvalue weighted by atomic mass is 16.4. The molecule has 1 aliphatic heterocycles. The Balaban J connectivity index is 1.96. The number of carboxylic acids is 1. The van der Waals surface area contributed by atoms with Gasteiger partial charge in [-0.05, 0) is 32.3 Å². The van der Waals surface area contributed by atoms with Crippen molar-refractivity contribution >= 4 is 23.7 Å². The van der Waals surface area contributed by atoms with Crippen molar-refractivity contribution in [3.05, 3.63) is 35.9 Å². The van der Waals surface area contributed by atoms with Gasteiger partial charge in [0.2, 0.25) is 17.7 Å². The van der Waals surface area contributed by atoms with E-state index in [2.05, 4.69) is 10.6 Å². The lowest BCUT2D eigenvalue weighted by Crippen LogP contribution is -2.57. The van der Waals surface area contributed by atoms with Gasteiger partial charge >= 0.3 is 5.97 Å². The van der Waals surface area contributed by atoms with Crippen LogP contribution in [0.25, 0.3) is 0 Å². The molecular weight excluding hydrogens is 404 g/mol. The molecule has 0 aliphatic carbocycles. The molecule has 1 fully saturated rings. The second kappa shape index (κ2) is 10.9. The minimum Gasteiger partial charge on any atom is -0.480 e. The molecule has 2 rings (SSSR count). The Bertz CT molecular complexity index is 800. The van der Waals surface area contributed by atoms with Gasteiger partial charge in [0.15, 0.2) is 0 Å². The average molecular weight is 434 g/mol. The minimum atomic E-state index is -1.18. The molecule has 0 aromatic heterocycles. The predicted molar refractivity (Wildman–Crippen MR) is 112 cm³/mol. The summed E-state index contributed by atoms with van der Waals surface area (Å²) in [6.07, 6.45) is 0.0448. The molecule has 5 unspecified atom stereocenters. The van der Waals surface area contributed by atoms with Gasteiger partial charge in [-0.1, -0.05) is 30.3 Å². The molecule has 3 amide bonds. The number of aliphatic carboxylic acids is 1. The first-order chi connectivity index (χ1) is 14.6. The van der Waals surface area contributed by atoms with Crippen molar-refractivity contribution in [2.24, 2.45) is 5.73 Å². The number of carbonyl (C=O) groups is 4. The van der Waals surface area contributed by atoms with Crippen LogP contribution < -0.4 is 16.4 Å². The molecule has 0 bridgehead atoms. The van der Waals surface area contributed by atoms with Crippen molar-refractivity contribution in [3.8, 4) is 0 Å². The number of carbonyl (C=O) groups excluding carboxylic acids is 3. The molecule has 1 aromatic rings. The van der Waals surface area contributed by atoms with Crippen LogP contribution in [0.3, 0.4) is 0 Å². The Hall–Kier alpha value is -2.98. The minimum absolute atomic E-state index is 0.102. The topological polar surface area (TPSA) is 162 Å². The highest BCUT2D eigenvalue weighted by molar-refractivity contribution is 5.94. The highest BCUT2D eigenvalue weighted by Gasteiger charge is 2.38. The van der Waals surface area contributed by atoms with Crippen molar-refractivity contribution in [3.63, 3.8) is 0 Å². The number of aliphatic hydroxyl groups excluding tert-OH is 1. The van der Waals surface area contributed by atoms with Crippen LogP contribution in [0, 0.1) is 0 Å². The lowest BCUT2D eigenvalue weighted by molar-refractivity contribution is -0.143. The third kappa shape index (κ3) is 6.50. The molecule has 170 valence electrons. The number of nitrogens with two attached hydrogens (primary N) is 1. The van der Waals surface area contributed by atoms with E-state index in [1.54, 1.807) is 30.3 Å². The molecule has 31 heavy (non-hydrogen) atoms. The van der Waals surface area contributed by atoms with Crippen LogP contribution in [-0.2, 0) is 25.6 Å². The Labute approximate surface area is 180 Å². The fourth-order valence-corrected chi connectivity index (χ4v) is 3.42. The first-order valence-electron chi connectivity index (χ1n) is 10.2. The molecule has 10 nitrogen and oxygen atoms in total. The van der Waals surface area contributed by atoms with Crippen molar-refractivity contribution in [2.45, 2.75) is 63.4 Å². The Kier molecular flexibility index (Phi) is 8.52. The zero-order chi connectivity index (χ0) is 23.1. The van der Waals surface area contributed by atoms with E-state index in [4.69, 9.17) is 5.73 Å². The molecule has 1 aromatic carbocycles. The average Bonchev–Trinajstić information content (AvgIpc) is 3.22. The van der Waals surface area contributed by atoms with E-state index in [0.29, 0.717) is 19.4 Å². The summed E-state index contributed by atoms with van der Waals surface area (Å²) >= 11 is 0. The number of carboxylic acid groups (broad SMARTS) is 1. The molecule has 10 heteroatoms. The van der Waals surface area contributed by atoms with Crippen LogP contribution in [-0.4, -0.2) is 75.6 Å². The lowest BCUT2D eigenvalue weighted by Gasteiger charge is -2.28. The summed E-state index contributed by atoms with van der Waals surface area (Å²) < 4.78 is 0. The van der Waals surface area contributed by atoms with Gasteiger partial charge in [0, 0.05) is 13.0 Å². The summed E-state index contributed by atoms with van der Waals surface area (Å²) in [4.78, 5) is 50.5. The number of nitrogens with one attached hydrogen (secondary N) is 2. The van der Waals surface area contributed by atoms with Crippen molar-refractivity contribution in [1.82, 2.24) is 15.5 Å². The highest BCUT2D eigenvalue weighted by Crippen LogP contribution is 2.19. The fourth-order valence-electron chi connectivity index (χ4n) is 3.42. The number of nitrogens with zero attached hydrogens (tertiary/aromatic N) is 1. The molecular formula is C21H30N4O6. The van der Waals surface area contributed by atoms with Crippen LogP contribution >= 0.6 is 0 Å². The largest absolute Gasteiger partial charge is 0.480 e. The Morgan fingerprint density at radius 3 is 2.39 bits per heavy atom. The SMILES string of the molecule is CC(NC(=O)C1CCCN1C(=O)C(N)C(C)O)C(=O)NC(Cc1ccccc1)C(=O)O. The summed E-state index contributed by atoms with van der Waals surface area (Å²) in [5, 5.41) is 24.0. The number of amides is 3. The van der Waals surface area contributed by atoms with Crippen LogP contribution in [0.2, 0.25) is 0 Å². The maximum Gasteiger partial charge on any atom is 0.326 e. The second-order valence-electron chi connectivity index (χ2n) is 7.78. The van der Waals surface area contributed by atoms with Crippen LogP contribution in [0.5, 0.6) is 0 Å². The van der Waals surface area contributed by atoms with Crippen LogP contribution in [0.1, 0.15) is 32.3 Å². The molecule has 0 saturated carbocycles. The number of hydrogen-bond donors (Lipinski definition) is 5. The van der Waals surface area contributed by atoms with Gasteiger partial charge in [-0.25, -0.2) is 4.79 Å². The zero-order valence-corrected chi connectivity index (χ0v) is 17.7. The molecule has 5 atom stereocenters. The summed E-state index contributed by atoms with van der Waals surface area (Å²) in [5.41, 5.74) is 6.46. The Morgan fingerprint density at radius 2 is 1.81 bits per heavy atom. The number of benzene rings is 1. The van der Waals surface area contributed by atoms with E-state index in [-0.39, 0.29) is 6.42 Å². The fraction of sp³-hybridized carbons (Fsp3) is 0.524. The van der Waals surface area contributed by atoms with E-state index in [9.17, 15) is 29.4 Å². The van der Waals surface area contributed by atoms with E-state index < -0.39 is 54.0 Å². The summed E-state index contributed by atoms with van der Waals surface area (Å²) in [7, 11) is 0. The van der Waals surface area contributed by atoms with Gasteiger partial charge in [-0.3, -0.25) is 14.4 Å². The molecule has 0 spiro atoms. The molecule has 1 aliphatic rings. The predicted octanol–water partition coefficient (Wildman–Crippen LogP) is -0.998. The number of aliphatic hydroxyl groups is 1. The van der Waals surface area contributed by atoms with Gasteiger partial charge < -0.3 is 31.5 Å². The maximum absolute atomic E-state index is 12.7. The van der Waals surface area contributed by atoms with Crippen molar-refractivity contribution in [1.29, 1.82) is 0 Å². The van der Waals surface area contributed by atoms with E-state index in [1.165, 1.54) is 18.7 Å². The number of likely N-dealkylation sites (tertiary alicyclic amines) is 1. The number of rotatable bonds is 9. The van der Waals surface area contributed by atoms with Gasteiger partial charge in [0.25, 0.3) is 0 Å². The smallest absolute Gasteiger partial charge is 0.326 e. The van der Waals surface area contributed by atoms with E-state index in [1.807, 2.05) is 0 Å². The normalized spacial score (nSPS) is 19.7. The van der Waals surface area contributed by atoms with Gasteiger partial charge in [0.1, 0.15) is 24.2 Å². The second-order valence-corrected chi connectivity index (χ2v) is 7.78. The maximum atomic E-state index is 12.7.